The van der Waals surface area contributed by atoms with Gasteiger partial charge in [-0.3, -0.25) is 0 Å². The standard InChI is InChI=1S/C11H20OSi/c1-4-13(5-2,6-3)11-9-7-8-10-12/h7-8,12H,4-6,10H2,1-3H3/b8-7+. The summed E-state index contributed by atoms with van der Waals surface area (Å²) in [5, 5.41) is 8.52. The van der Waals surface area contributed by atoms with Crippen LogP contribution >= 0.6 is 0 Å². The van der Waals surface area contributed by atoms with Crippen molar-refractivity contribution < 1.29 is 5.11 Å². The fourth-order valence-corrected chi connectivity index (χ4v) is 3.74. The molecule has 1 N–H and O–H groups in total. The lowest BCUT2D eigenvalue weighted by molar-refractivity contribution is 0.343. The van der Waals surface area contributed by atoms with Crippen molar-refractivity contribution in [3.63, 3.8) is 0 Å². The molecule has 0 saturated carbocycles. The number of aliphatic hydroxyl groups excluding tert-OH is 1. The summed E-state index contributed by atoms with van der Waals surface area (Å²) in [5.74, 6) is 3.05. The van der Waals surface area contributed by atoms with Gasteiger partial charge in [0, 0.05) is 0 Å². The Bertz CT molecular complexity index is 198. The molecule has 0 unspecified atom stereocenters. The van der Waals surface area contributed by atoms with Crippen molar-refractivity contribution in [3.05, 3.63) is 12.2 Å². The molecular formula is C11H20OSi. The summed E-state index contributed by atoms with van der Waals surface area (Å²) in [6.07, 6.45) is 3.45. The van der Waals surface area contributed by atoms with E-state index in [0.717, 1.165) is 0 Å². The average molecular weight is 196 g/mol. The van der Waals surface area contributed by atoms with Crippen LogP contribution in [0.5, 0.6) is 0 Å². The molecule has 0 aliphatic heterocycles. The summed E-state index contributed by atoms with van der Waals surface area (Å²) in [6.45, 7) is 6.81. The van der Waals surface area contributed by atoms with Crippen LogP contribution in [-0.2, 0) is 0 Å². The first-order chi connectivity index (χ1) is 6.24. The molecule has 74 valence electrons. The zero-order chi connectivity index (χ0) is 10.2. The Hall–Kier alpha value is -0.523. The highest BCUT2D eigenvalue weighted by Crippen LogP contribution is 2.18. The number of aliphatic hydroxyl groups is 1. The molecule has 13 heavy (non-hydrogen) atoms. The van der Waals surface area contributed by atoms with Crippen LogP contribution < -0.4 is 0 Å². The Labute approximate surface area is 82.9 Å². The van der Waals surface area contributed by atoms with E-state index < -0.39 is 8.07 Å². The second-order valence-electron chi connectivity index (χ2n) is 3.20. The molecule has 0 aromatic carbocycles. The number of hydrogen-bond donors (Lipinski definition) is 1. The van der Waals surface area contributed by atoms with E-state index in [9.17, 15) is 0 Å². The van der Waals surface area contributed by atoms with Crippen molar-refractivity contribution in [2.75, 3.05) is 6.61 Å². The summed E-state index contributed by atoms with van der Waals surface area (Å²) in [4.78, 5) is 0. The van der Waals surface area contributed by atoms with Gasteiger partial charge in [0.1, 0.15) is 8.07 Å². The Morgan fingerprint density at radius 1 is 1.15 bits per heavy atom. The topological polar surface area (TPSA) is 20.2 Å². The molecule has 0 aromatic heterocycles. The van der Waals surface area contributed by atoms with Gasteiger partial charge in [-0.1, -0.05) is 32.8 Å². The highest BCUT2D eigenvalue weighted by Gasteiger charge is 2.23. The third-order valence-electron chi connectivity index (χ3n) is 2.67. The molecule has 2 heteroatoms. The van der Waals surface area contributed by atoms with Gasteiger partial charge in [-0.25, -0.2) is 0 Å². The Morgan fingerprint density at radius 2 is 1.69 bits per heavy atom. The molecule has 0 amide bonds. The highest BCUT2D eigenvalue weighted by molar-refractivity contribution is 6.87. The summed E-state index contributed by atoms with van der Waals surface area (Å²) >= 11 is 0. The molecule has 0 aliphatic carbocycles. The molecule has 0 bridgehead atoms. The van der Waals surface area contributed by atoms with Crippen molar-refractivity contribution in [2.24, 2.45) is 0 Å². The first-order valence-electron chi connectivity index (χ1n) is 5.03. The first kappa shape index (κ1) is 12.5. The summed E-state index contributed by atoms with van der Waals surface area (Å²) < 4.78 is 0. The van der Waals surface area contributed by atoms with Crippen LogP contribution in [0.2, 0.25) is 18.1 Å². The third kappa shape index (κ3) is 4.30. The zero-order valence-corrected chi connectivity index (χ0v) is 9.93. The molecule has 0 rings (SSSR count). The number of hydrogen-bond acceptors (Lipinski definition) is 1. The summed E-state index contributed by atoms with van der Waals surface area (Å²) in [7, 11) is -1.26. The van der Waals surface area contributed by atoms with Gasteiger partial charge in [0.25, 0.3) is 0 Å². The van der Waals surface area contributed by atoms with E-state index in [1.54, 1.807) is 12.2 Å². The van der Waals surface area contributed by atoms with Crippen LogP contribution in [0.15, 0.2) is 12.2 Å². The number of rotatable bonds is 4. The van der Waals surface area contributed by atoms with Crippen LogP contribution in [0, 0.1) is 11.5 Å². The van der Waals surface area contributed by atoms with Crippen LogP contribution in [0.25, 0.3) is 0 Å². The van der Waals surface area contributed by atoms with Gasteiger partial charge < -0.3 is 5.11 Å². The van der Waals surface area contributed by atoms with E-state index in [1.165, 1.54) is 18.1 Å². The normalized spacial score (nSPS) is 11.4. The molecule has 0 aliphatic rings. The Balaban J connectivity index is 4.36. The van der Waals surface area contributed by atoms with Gasteiger partial charge >= 0.3 is 0 Å². The van der Waals surface area contributed by atoms with Crippen molar-refractivity contribution >= 4 is 8.07 Å². The van der Waals surface area contributed by atoms with Gasteiger partial charge in [-0.05, 0) is 24.2 Å². The van der Waals surface area contributed by atoms with Gasteiger partial charge in [0.15, 0.2) is 0 Å². The average Bonchev–Trinajstić information content (AvgIpc) is 2.20. The maximum atomic E-state index is 8.52. The van der Waals surface area contributed by atoms with Gasteiger partial charge in [0.2, 0.25) is 0 Å². The molecule has 0 radical (unpaired) electrons. The minimum atomic E-state index is -1.26. The lowest BCUT2D eigenvalue weighted by Crippen LogP contribution is -2.29. The lowest BCUT2D eigenvalue weighted by atomic mass is 10.5. The first-order valence-corrected chi connectivity index (χ1v) is 7.65. The van der Waals surface area contributed by atoms with E-state index in [-0.39, 0.29) is 6.61 Å². The third-order valence-corrected chi connectivity index (χ3v) is 7.41. The second-order valence-corrected chi connectivity index (χ2v) is 8.13. The predicted octanol–water partition coefficient (Wildman–Crippen LogP) is 2.59. The van der Waals surface area contributed by atoms with Gasteiger partial charge in [-0.15, -0.1) is 5.54 Å². The minimum Gasteiger partial charge on any atom is -0.392 e. The molecule has 0 fully saturated rings. The molecular weight excluding hydrogens is 176 g/mol. The van der Waals surface area contributed by atoms with Crippen LogP contribution in [0.4, 0.5) is 0 Å². The smallest absolute Gasteiger partial charge is 0.138 e. The molecule has 0 spiro atoms. The molecule has 0 aromatic rings. The monoisotopic (exact) mass is 196 g/mol. The SMILES string of the molecule is CC[Si](C#C/C=C/CO)(CC)CC. The van der Waals surface area contributed by atoms with E-state index in [0.29, 0.717) is 0 Å². The van der Waals surface area contributed by atoms with Crippen molar-refractivity contribution in [3.8, 4) is 11.5 Å². The minimum absolute atomic E-state index is 0.0909. The largest absolute Gasteiger partial charge is 0.392 e. The molecule has 0 atom stereocenters. The number of allylic oxidation sites excluding steroid dienone is 1. The fraction of sp³-hybridized carbons (Fsp3) is 0.636. The van der Waals surface area contributed by atoms with Crippen molar-refractivity contribution in [1.82, 2.24) is 0 Å². The van der Waals surface area contributed by atoms with Crippen LogP contribution in [0.1, 0.15) is 20.8 Å². The zero-order valence-electron chi connectivity index (χ0n) is 8.93. The summed E-state index contributed by atoms with van der Waals surface area (Å²) in [5.41, 5.74) is 3.41. The van der Waals surface area contributed by atoms with E-state index in [1.807, 2.05) is 0 Å². The maximum absolute atomic E-state index is 8.52. The molecule has 1 nitrogen and oxygen atoms in total. The molecule has 0 saturated heterocycles. The maximum Gasteiger partial charge on any atom is 0.138 e. The predicted molar refractivity (Wildman–Crippen MR) is 61.2 cm³/mol. The fourth-order valence-electron chi connectivity index (χ4n) is 1.32. The second kappa shape index (κ2) is 6.94. The van der Waals surface area contributed by atoms with Crippen LogP contribution in [-0.4, -0.2) is 19.8 Å². The lowest BCUT2D eigenvalue weighted by Gasteiger charge is -2.19. The highest BCUT2D eigenvalue weighted by atomic mass is 28.3. The van der Waals surface area contributed by atoms with Gasteiger partial charge in [-0.2, -0.15) is 0 Å². The Kier molecular flexibility index (Phi) is 6.66. The van der Waals surface area contributed by atoms with E-state index in [4.69, 9.17) is 5.11 Å². The van der Waals surface area contributed by atoms with E-state index in [2.05, 4.69) is 32.2 Å². The Morgan fingerprint density at radius 3 is 2.08 bits per heavy atom. The molecule has 0 heterocycles. The van der Waals surface area contributed by atoms with Crippen molar-refractivity contribution in [1.29, 1.82) is 0 Å². The van der Waals surface area contributed by atoms with Gasteiger partial charge in [0.05, 0.1) is 6.61 Å². The van der Waals surface area contributed by atoms with Crippen LogP contribution in [0.3, 0.4) is 0 Å². The summed E-state index contributed by atoms with van der Waals surface area (Å²) in [6, 6.07) is 3.71. The quantitative estimate of drug-likeness (QED) is 0.541. The van der Waals surface area contributed by atoms with Crippen molar-refractivity contribution in [2.45, 2.75) is 38.9 Å². The van der Waals surface area contributed by atoms with E-state index >= 15 is 0 Å².